The number of nitrogens with zero attached hydrogens (tertiary/aromatic N) is 1. The molecule has 20 heavy (non-hydrogen) atoms. The van der Waals surface area contributed by atoms with Crippen LogP contribution < -0.4 is 5.43 Å². The number of anilines is 1. The Kier molecular flexibility index (Phi) is 4.63. The van der Waals surface area contributed by atoms with Crippen LogP contribution in [0.5, 0.6) is 0 Å². The molecule has 0 atom stereocenters. The molecule has 0 fully saturated rings. The fourth-order valence-corrected chi connectivity index (χ4v) is 1.72. The first-order valence-electron chi connectivity index (χ1n) is 5.85. The standard InChI is InChI=1S/C15H11ClN2O2/c16-12-8-4-5-9-13(12)17-18-14(10-19)15(20)11-6-2-1-3-7-11/h1-10,17H. The van der Waals surface area contributed by atoms with Gasteiger partial charge in [0, 0.05) is 5.56 Å². The maximum Gasteiger partial charge on any atom is 0.216 e. The smallest absolute Gasteiger partial charge is 0.216 e. The number of ketones is 1. The Morgan fingerprint density at radius 1 is 1.05 bits per heavy atom. The van der Waals surface area contributed by atoms with E-state index in [0.29, 0.717) is 22.6 Å². The number of carbonyl (C=O) groups is 2. The van der Waals surface area contributed by atoms with Gasteiger partial charge in [0.25, 0.3) is 0 Å². The average Bonchev–Trinajstić information content (AvgIpc) is 2.50. The SMILES string of the molecule is O=CC(=NNc1ccccc1Cl)C(=O)c1ccccc1. The molecule has 4 nitrogen and oxygen atoms in total. The quantitative estimate of drug-likeness (QED) is 0.302. The first-order chi connectivity index (χ1) is 9.72. The van der Waals surface area contributed by atoms with Gasteiger partial charge in [0.15, 0.2) is 12.0 Å². The molecule has 0 heterocycles. The second-order valence-corrected chi connectivity index (χ2v) is 4.31. The number of hydrazone groups is 1. The van der Waals surface area contributed by atoms with Gasteiger partial charge >= 0.3 is 0 Å². The first kappa shape index (κ1) is 14.0. The van der Waals surface area contributed by atoms with E-state index in [0.717, 1.165) is 0 Å². The first-order valence-corrected chi connectivity index (χ1v) is 6.23. The van der Waals surface area contributed by atoms with Crippen molar-refractivity contribution in [1.29, 1.82) is 0 Å². The summed E-state index contributed by atoms with van der Waals surface area (Å²) < 4.78 is 0. The third kappa shape index (κ3) is 3.30. The lowest BCUT2D eigenvalue weighted by Crippen LogP contribution is -2.17. The van der Waals surface area contributed by atoms with E-state index in [1.165, 1.54) is 0 Å². The number of halogens is 1. The van der Waals surface area contributed by atoms with Crippen molar-refractivity contribution in [2.45, 2.75) is 0 Å². The summed E-state index contributed by atoms with van der Waals surface area (Å²) in [4.78, 5) is 23.0. The maximum absolute atomic E-state index is 12.0. The third-order valence-electron chi connectivity index (χ3n) is 2.55. The van der Waals surface area contributed by atoms with Crippen LogP contribution in [-0.2, 0) is 4.79 Å². The van der Waals surface area contributed by atoms with Gasteiger partial charge in [-0.25, -0.2) is 0 Å². The Labute approximate surface area is 121 Å². The Morgan fingerprint density at radius 3 is 2.35 bits per heavy atom. The number of nitrogens with one attached hydrogen (secondary N) is 1. The van der Waals surface area contributed by atoms with Crippen molar-refractivity contribution in [2.75, 3.05) is 5.43 Å². The van der Waals surface area contributed by atoms with Crippen LogP contribution in [0.4, 0.5) is 5.69 Å². The fraction of sp³-hybridized carbons (Fsp3) is 0. The summed E-state index contributed by atoms with van der Waals surface area (Å²) in [5.74, 6) is -0.444. The van der Waals surface area contributed by atoms with Crippen LogP contribution >= 0.6 is 11.6 Å². The molecule has 2 aromatic carbocycles. The molecule has 0 bridgehead atoms. The van der Waals surface area contributed by atoms with E-state index in [4.69, 9.17) is 11.6 Å². The van der Waals surface area contributed by atoms with Crippen molar-refractivity contribution in [3.8, 4) is 0 Å². The molecule has 0 aliphatic carbocycles. The van der Waals surface area contributed by atoms with Gasteiger partial charge in [0.05, 0.1) is 10.7 Å². The van der Waals surface area contributed by atoms with Gasteiger partial charge < -0.3 is 0 Å². The monoisotopic (exact) mass is 286 g/mol. The highest BCUT2D eigenvalue weighted by Gasteiger charge is 2.13. The number of para-hydroxylation sites is 1. The minimum atomic E-state index is -0.444. The molecule has 0 aliphatic heterocycles. The minimum Gasteiger partial charge on any atom is -0.296 e. The molecule has 5 heteroatoms. The van der Waals surface area contributed by atoms with Gasteiger partial charge in [-0.2, -0.15) is 5.10 Å². The lowest BCUT2D eigenvalue weighted by molar-refractivity contribution is -0.102. The molecule has 0 saturated carbocycles. The number of aldehydes is 1. The van der Waals surface area contributed by atoms with Gasteiger partial charge in [0.2, 0.25) is 5.78 Å². The zero-order valence-corrected chi connectivity index (χ0v) is 11.2. The number of hydrogen-bond donors (Lipinski definition) is 1. The van der Waals surface area contributed by atoms with E-state index < -0.39 is 5.78 Å². The summed E-state index contributed by atoms with van der Waals surface area (Å²) >= 11 is 5.94. The zero-order chi connectivity index (χ0) is 14.4. The molecule has 0 aliphatic rings. The van der Waals surface area contributed by atoms with Crippen molar-refractivity contribution in [1.82, 2.24) is 0 Å². The van der Waals surface area contributed by atoms with Gasteiger partial charge in [-0.1, -0.05) is 54.1 Å². The lowest BCUT2D eigenvalue weighted by Gasteiger charge is -2.04. The Morgan fingerprint density at radius 2 is 1.70 bits per heavy atom. The van der Waals surface area contributed by atoms with E-state index in [1.807, 2.05) is 0 Å². The second kappa shape index (κ2) is 6.63. The molecule has 0 unspecified atom stereocenters. The Hall–Kier alpha value is -2.46. The maximum atomic E-state index is 12.0. The van der Waals surface area contributed by atoms with Crippen molar-refractivity contribution in [2.24, 2.45) is 5.10 Å². The fourth-order valence-electron chi connectivity index (χ4n) is 1.54. The molecular formula is C15H11ClN2O2. The molecule has 0 aromatic heterocycles. The molecule has 0 radical (unpaired) electrons. The van der Waals surface area contributed by atoms with E-state index in [-0.39, 0.29) is 5.71 Å². The van der Waals surface area contributed by atoms with Crippen LogP contribution in [0.25, 0.3) is 0 Å². The van der Waals surface area contributed by atoms with Crippen LogP contribution in [0.3, 0.4) is 0 Å². The zero-order valence-electron chi connectivity index (χ0n) is 10.4. The number of Topliss-reactive ketones (excluding diaryl/α,β-unsaturated/α-hetero) is 1. The van der Waals surface area contributed by atoms with Crippen molar-refractivity contribution < 1.29 is 9.59 Å². The van der Waals surface area contributed by atoms with E-state index in [2.05, 4.69) is 10.5 Å². The van der Waals surface area contributed by atoms with Crippen LogP contribution in [0, 0.1) is 0 Å². The molecule has 0 saturated heterocycles. The van der Waals surface area contributed by atoms with E-state index in [1.54, 1.807) is 54.6 Å². The topological polar surface area (TPSA) is 58.5 Å². The minimum absolute atomic E-state index is 0.212. The molecule has 2 aromatic rings. The normalized spacial score (nSPS) is 10.9. The van der Waals surface area contributed by atoms with E-state index >= 15 is 0 Å². The summed E-state index contributed by atoms with van der Waals surface area (Å²) in [7, 11) is 0. The largest absolute Gasteiger partial charge is 0.296 e. The van der Waals surface area contributed by atoms with Gasteiger partial charge in [0.1, 0.15) is 0 Å². The second-order valence-electron chi connectivity index (χ2n) is 3.90. The highest BCUT2D eigenvalue weighted by molar-refractivity contribution is 6.63. The molecule has 100 valence electrons. The summed E-state index contributed by atoms with van der Waals surface area (Å²) in [5, 5.41) is 4.27. The number of benzene rings is 2. The average molecular weight is 287 g/mol. The molecule has 0 spiro atoms. The number of rotatable bonds is 5. The summed E-state index contributed by atoms with van der Waals surface area (Å²) in [6.07, 6.45) is 0.416. The predicted octanol–water partition coefficient (Wildman–Crippen LogP) is 3.19. The third-order valence-corrected chi connectivity index (χ3v) is 2.88. The molecular weight excluding hydrogens is 276 g/mol. The predicted molar refractivity (Wildman–Crippen MR) is 79.3 cm³/mol. The van der Waals surface area contributed by atoms with Crippen LogP contribution in [-0.4, -0.2) is 17.8 Å². The van der Waals surface area contributed by atoms with Crippen LogP contribution in [0.15, 0.2) is 59.7 Å². The van der Waals surface area contributed by atoms with Gasteiger partial charge in [-0.05, 0) is 12.1 Å². The summed E-state index contributed by atoms with van der Waals surface area (Å²) in [6, 6.07) is 15.4. The van der Waals surface area contributed by atoms with Crippen molar-refractivity contribution >= 4 is 35.1 Å². The van der Waals surface area contributed by atoms with Gasteiger partial charge in [-0.3, -0.25) is 15.0 Å². The number of hydrogen-bond acceptors (Lipinski definition) is 4. The molecule has 0 amide bonds. The highest BCUT2D eigenvalue weighted by Crippen LogP contribution is 2.20. The molecule has 1 N–H and O–H groups in total. The van der Waals surface area contributed by atoms with Crippen molar-refractivity contribution in [3.63, 3.8) is 0 Å². The Balaban J connectivity index is 2.20. The Bertz CT molecular complexity index is 654. The summed E-state index contributed by atoms with van der Waals surface area (Å²) in [6.45, 7) is 0. The molecule has 2 rings (SSSR count). The van der Waals surface area contributed by atoms with Crippen LogP contribution in [0.2, 0.25) is 5.02 Å². The van der Waals surface area contributed by atoms with E-state index in [9.17, 15) is 9.59 Å². The van der Waals surface area contributed by atoms with Gasteiger partial charge in [-0.15, -0.1) is 0 Å². The highest BCUT2D eigenvalue weighted by atomic mass is 35.5. The number of carbonyl (C=O) groups excluding carboxylic acids is 2. The van der Waals surface area contributed by atoms with Crippen molar-refractivity contribution in [3.05, 3.63) is 65.2 Å². The lowest BCUT2D eigenvalue weighted by atomic mass is 10.1. The van der Waals surface area contributed by atoms with Crippen LogP contribution in [0.1, 0.15) is 10.4 Å². The summed E-state index contributed by atoms with van der Waals surface area (Å²) in [5.41, 5.74) is 3.33.